The summed E-state index contributed by atoms with van der Waals surface area (Å²) in [4.78, 5) is 0. The molecule has 64 valence electrons. The first kappa shape index (κ1) is 6.89. The van der Waals surface area contributed by atoms with E-state index < -0.39 is 0 Å². The lowest BCUT2D eigenvalue weighted by molar-refractivity contribution is 0.467. The van der Waals surface area contributed by atoms with Gasteiger partial charge in [0.25, 0.3) is 0 Å². The molecule has 0 aliphatic heterocycles. The van der Waals surface area contributed by atoms with Crippen molar-refractivity contribution in [2.24, 2.45) is 11.8 Å². The summed E-state index contributed by atoms with van der Waals surface area (Å²) in [6.45, 7) is 0. The van der Waals surface area contributed by atoms with E-state index in [-0.39, 0.29) is 0 Å². The van der Waals surface area contributed by atoms with Crippen LogP contribution < -0.4 is 0 Å². The van der Waals surface area contributed by atoms with Gasteiger partial charge in [0.1, 0.15) is 6.33 Å². The van der Waals surface area contributed by atoms with Gasteiger partial charge in [-0.3, -0.25) is 0 Å². The topological polar surface area (TPSA) is 30.7 Å². The normalized spacial score (nSPS) is 38.2. The van der Waals surface area contributed by atoms with Crippen molar-refractivity contribution in [1.29, 1.82) is 0 Å². The van der Waals surface area contributed by atoms with Gasteiger partial charge in [-0.25, -0.2) is 0 Å². The number of fused-ring (bicyclic) bond motifs is 1. The van der Waals surface area contributed by atoms with Crippen molar-refractivity contribution < 1.29 is 0 Å². The Morgan fingerprint density at radius 2 is 2.08 bits per heavy atom. The lowest BCUT2D eigenvalue weighted by Crippen LogP contribution is -2.05. The van der Waals surface area contributed by atoms with E-state index in [9.17, 15) is 0 Å². The number of hydrogen-bond donors (Lipinski definition) is 0. The van der Waals surface area contributed by atoms with E-state index in [0.717, 1.165) is 11.8 Å². The minimum absolute atomic E-state index is 0.543. The van der Waals surface area contributed by atoms with E-state index in [1.54, 1.807) is 6.33 Å². The molecule has 2 fully saturated rings. The molecule has 0 bridgehead atoms. The standard InChI is InChI=1S/C8H10ClN3/c9-8-11-10-4-12(8)7-2-5-1-6(5)3-7/h4-7H,1-3H2. The molecule has 2 atom stereocenters. The zero-order chi connectivity index (χ0) is 8.13. The van der Waals surface area contributed by atoms with Crippen LogP contribution in [0.5, 0.6) is 0 Å². The first-order valence-corrected chi connectivity index (χ1v) is 4.77. The molecule has 0 radical (unpaired) electrons. The molecule has 3 rings (SSSR count). The monoisotopic (exact) mass is 183 g/mol. The summed E-state index contributed by atoms with van der Waals surface area (Å²) in [6.07, 6.45) is 5.75. The average molecular weight is 184 g/mol. The molecule has 1 aromatic heterocycles. The van der Waals surface area contributed by atoms with Crippen molar-refractivity contribution in [2.75, 3.05) is 0 Å². The van der Waals surface area contributed by atoms with Crippen LogP contribution in [0.2, 0.25) is 5.28 Å². The number of halogens is 1. The van der Waals surface area contributed by atoms with Gasteiger partial charge in [-0.15, -0.1) is 10.2 Å². The highest BCUT2D eigenvalue weighted by atomic mass is 35.5. The highest BCUT2D eigenvalue weighted by molar-refractivity contribution is 6.28. The van der Waals surface area contributed by atoms with Crippen molar-refractivity contribution in [3.63, 3.8) is 0 Å². The maximum absolute atomic E-state index is 5.87. The molecular weight excluding hydrogens is 174 g/mol. The Balaban J connectivity index is 1.86. The predicted molar refractivity (Wildman–Crippen MR) is 44.9 cm³/mol. The van der Waals surface area contributed by atoms with Crippen LogP contribution in [0.4, 0.5) is 0 Å². The molecule has 4 heteroatoms. The Morgan fingerprint density at radius 1 is 1.33 bits per heavy atom. The van der Waals surface area contributed by atoms with Crippen molar-refractivity contribution in [2.45, 2.75) is 25.3 Å². The van der Waals surface area contributed by atoms with Crippen LogP contribution in [0.1, 0.15) is 25.3 Å². The van der Waals surface area contributed by atoms with E-state index in [0.29, 0.717) is 11.3 Å². The third-order valence-electron chi connectivity index (χ3n) is 3.14. The highest BCUT2D eigenvalue weighted by Crippen LogP contribution is 2.56. The van der Waals surface area contributed by atoms with Gasteiger partial charge in [-0.05, 0) is 42.7 Å². The SMILES string of the molecule is Clc1nncn1C1CC2CC2C1. The first-order chi connectivity index (χ1) is 5.84. The van der Waals surface area contributed by atoms with Crippen LogP contribution in [0.3, 0.4) is 0 Å². The second-order valence-corrected chi connectivity index (χ2v) is 4.23. The fourth-order valence-electron chi connectivity index (χ4n) is 2.38. The van der Waals surface area contributed by atoms with Gasteiger partial charge in [-0.2, -0.15) is 0 Å². The fraction of sp³-hybridized carbons (Fsp3) is 0.750. The van der Waals surface area contributed by atoms with Gasteiger partial charge < -0.3 is 4.57 Å². The van der Waals surface area contributed by atoms with Crippen LogP contribution in [-0.4, -0.2) is 14.8 Å². The zero-order valence-corrected chi connectivity index (χ0v) is 7.41. The lowest BCUT2D eigenvalue weighted by Gasteiger charge is -2.12. The molecule has 2 unspecified atom stereocenters. The van der Waals surface area contributed by atoms with E-state index in [4.69, 9.17) is 11.6 Å². The molecule has 2 aliphatic rings. The molecule has 0 aromatic carbocycles. The summed E-state index contributed by atoms with van der Waals surface area (Å²) in [5, 5.41) is 8.11. The van der Waals surface area contributed by atoms with Crippen molar-refractivity contribution in [3.05, 3.63) is 11.6 Å². The van der Waals surface area contributed by atoms with E-state index in [2.05, 4.69) is 10.2 Å². The van der Waals surface area contributed by atoms with Gasteiger partial charge in [0.05, 0.1) is 0 Å². The number of rotatable bonds is 1. The Labute approximate surface area is 75.7 Å². The third-order valence-corrected chi connectivity index (χ3v) is 3.41. The molecule has 0 saturated heterocycles. The van der Waals surface area contributed by atoms with Crippen LogP contribution in [0.15, 0.2) is 6.33 Å². The molecule has 12 heavy (non-hydrogen) atoms. The summed E-state index contributed by atoms with van der Waals surface area (Å²) in [5.41, 5.74) is 0. The Morgan fingerprint density at radius 3 is 2.67 bits per heavy atom. The van der Waals surface area contributed by atoms with Gasteiger partial charge >= 0.3 is 0 Å². The first-order valence-electron chi connectivity index (χ1n) is 4.39. The van der Waals surface area contributed by atoms with Crippen LogP contribution >= 0.6 is 11.6 Å². The minimum Gasteiger partial charge on any atom is -0.301 e. The van der Waals surface area contributed by atoms with Crippen LogP contribution in [0, 0.1) is 11.8 Å². The van der Waals surface area contributed by atoms with Crippen molar-refractivity contribution in [1.82, 2.24) is 14.8 Å². The molecule has 0 spiro atoms. The van der Waals surface area contributed by atoms with Crippen molar-refractivity contribution in [3.8, 4) is 0 Å². The minimum atomic E-state index is 0.543. The number of hydrogen-bond acceptors (Lipinski definition) is 2. The number of aromatic nitrogens is 3. The summed E-state index contributed by atoms with van der Waals surface area (Å²) < 4.78 is 2.01. The average Bonchev–Trinajstić information content (AvgIpc) is 2.51. The fourth-order valence-corrected chi connectivity index (χ4v) is 2.61. The molecule has 1 heterocycles. The van der Waals surface area contributed by atoms with Gasteiger partial charge in [0.15, 0.2) is 0 Å². The van der Waals surface area contributed by atoms with Crippen molar-refractivity contribution >= 4 is 11.6 Å². The summed E-state index contributed by atoms with van der Waals surface area (Å²) in [5.74, 6) is 1.96. The summed E-state index contributed by atoms with van der Waals surface area (Å²) in [7, 11) is 0. The quantitative estimate of drug-likeness (QED) is 0.666. The predicted octanol–water partition coefficient (Wildman–Crippen LogP) is 1.90. The molecule has 3 nitrogen and oxygen atoms in total. The van der Waals surface area contributed by atoms with Gasteiger partial charge in [0.2, 0.25) is 5.28 Å². The Kier molecular flexibility index (Phi) is 1.28. The molecule has 0 amide bonds. The summed E-state index contributed by atoms with van der Waals surface area (Å²) in [6, 6.07) is 0.580. The maximum atomic E-state index is 5.87. The number of nitrogens with zero attached hydrogens (tertiary/aromatic N) is 3. The zero-order valence-electron chi connectivity index (χ0n) is 6.65. The second-order valence-electron chi connectivity index (χ2n) is 3.89. The Bertz CT molecular complexity index is 299. The van der Waals surface area contributed by atoms with Crippen LogP contribution in [0.25, 0.3) is 0 Å². The molecule has 1 aromatic rings. The molecule has 2 saturated carbocycles. The largest absolute Gasteiger partial charge is 0.301 e. The maximum Gasteiger partial charge on any atom is 0.225 e. The Hall–Kier alpha value is -0.570. The lowest BCUT2D eigenvalue weighted by atomic mass is 10.2. The van der Waals surface area contributed by atoms with Gasteiger partial charge in [-0.1, -0.05) is 0 Å². The smallest absolute Gasteiger partial charge is 0.225 e. The van der Waals surface area contributed by atoms with Crippen LogP contribution in [-0.2, 0) is 0 Å². The second kappa shape index (κ2) is 2.22. The molecule has 0 N–H and O–H groups in total. The third kappa shape index (κ3) is 0.891. The van der Waals surface area contributed by atoms with E-state index >= 15 is 0 Å². The summed E-state index contributed by atoms with van der Waals surface area (Å²) >= 11 is 5.87. The molecule has 2 aliphatic carbocycles. The highest BCUT2D eigenvalue weighted by Gasteiger charge is 2.46. The van der Waals surface area contributed by atoms with Gasteiger partial charge in [0, 0.05) is 6.04 Å². The molecular formula is C8H10ClN3. The van der Waals surface area contributed by atoms with E-state index in [1.165, 1.54) is 19.3 Å². The van der Waals surface area contributed by atoms with E-state index in [1.807, 2.05) is 4.57 Å².